The molecule has 0 saturated carbocycles. The van der Waals surface area contributed by atoms with Crippen LogP contribution in [0, 0.1) is 0 Å². The maximum absolute atomic E-state index is 12.9. The molecule has 2 rings (SSSR count). The van der Waals surface area contributed by atoms with Gasteiger partial charge in [-0.3, -0.25) is 9.59 Å². The van der Waals surface area contributed by atoms with Crippen molar-refractivity contribution in [2.75, 3.05) is 13.1 Å². The molecular weight excluding hydrogens is 324 g/mol. The van der Waals surface area contributed by atoms with E-state index in [0.717, 1.165) is 11.1 Å². The van der Waals surface area contributed by atoms with Crippen LogP contribution >= 0.6 is 0 Å². The van der Waals surface area contributed by atoms with Crippen LogP contribution in [0.4, 0.5) is 0 Å². The molecule has 2 unspecified atom stereocenters. The molecule has 2 amide bonds. The number of nitrogens with zero attached hydrogens (tertiary/aromatic N) is 1. The van der Waals surface area contributed by atoms with E-state index in [9.17, 15) is 9.59 Å². The monoisotopic (exact) mass is 352 g/mol. The first-order valence-electron chi connectivity index (χ1n) is 9.24. The minimum Gasteiger partial charge on any atom is -0.341 e. The molecule has 0 aromatic heterocycles. The van der Waals surface area contributed by atoms with Gasteiger partial charge in [0.05, 0.1) is 0 Å². The maximum Gasteiger partial charge on any atom is 0.249 e. The molecule has 0 aliphatic rings. The minimum atomic E-state index is -0.647. The lowest BCUT2D eigenvalue weighted by molar-refractivity contribution is -0.136. The van der Waals surface area contributed by atoms with Crippen molar-refractivity contribution in [3.05, 3.63) is 71.8 Å². The normalized spacial score (nSPS) is 12.9. The van der Waals surface area contributed by atoms with Gasteiger partial charge >= 0.3 is 0 Å². The third kappa shape index (κ3) is 5.19. The molecule has 0 aliphatic carbocycles. The lowest BCUT2D eigenvalue weighted by Crippen LogP contribution is -2.43. The molecule has 2 aromatic rings. The van der Waals surface area contributed by atoms with Crippen molar-refractivity contribution in [3.8, 4) is 0 Å². The first kappa shape index (κ1) is 19.7. The van der Waals surface area contributed by atoms with Crippen LogP contribution in [0.1, 0.15) is 50.3 Å². The number of nitrogens with one attached hydrogen (secondary N) is 1. The van der Waals surface area contributed by atoms with Crippen molar-refractivity contribution >= 4 is 11.8 Å². The summed E-state index contributed by atoms with van der Waals surface area (Å²) in [6.45, 7) is 7.16. The number of benzene rings is 2. The molecular formula is C22H28N2O2. The van der Waals surface area contributed by atoms with Gasteiger partial charge in [0.15, 0.2) is 0 Å². The molecule has 0 bridgehead atoms. The molecule has 0 spiro atoms. The lowest BCUT2D eigenvalue weighted by atomic mass is 9.97. The molecule has 4 nitrogen and oxygen atoms in total. The van der Waals surface area contributed by atoms with Gasteiger partial charge in [-0.25, -0.2) is 0 Å². The Morgan fingerprint density at radius 1 is 0.885 bits per heavy atom. The zero-order valence-electron chi connectivity index (χ0n) is 15.8. The SMILES string of the molecule is CCN(CC)C(=O)C(NC(=O)CC(C)c1ccccc1)c1ccccc1. The lowest BCUT2D eigenvalue weighted by Gasteiger charge is -2.26. The predicted molar refractivity (Wildman–Crippen MR) is 105 cm³/mol. The standard InChI is InChI=1S/C22H28N2O2/c1-4-24(5-2)22(26)21(19-14-10-7-11-15-19)23-20(25)16-17(3)18-12-8-6-9-13-18/h6-15,17,21H,4-5,16H2,1-3H3,(H,23,25). The number of carbonyl (C=O) groups is 2. The Balaban J connectivity index is 2.13. The third-order valence-electron chi connectivity index (χ3n) is 4.62. The smallest absolute Gasteiger partial charge is 0.249 e. The molecule has 0 radical (unpaired) electrons. The average Bonchev–Trinajstić information content (AvgIpc) is 2.68. The summed E-state index contributed by atoms with van der Waals surface area (Å²) in [4.78, 5) is 27.3. The van der Waals surface area contributed by atoms with Gasteiger partial charge in [0.1, 0.15) is 6.04 Å². The highest BCUT2D eigenvalue weighted by Crippen LogP contribution is 2.21. The van der Waals surface area contributed by atoms with E-state index in [1.807, 2.05) is 81.4 Å². The Labute approximate surface area is 156 Å². The van der Waals surface area contributed by atoms with Crippen LogP contribution in [0.2, 0.25) is 0 Å². The van der Waals surface area contributed by atoms with E-state index in [1.165, 1.54) is 0 Å². The molecule has 1 N–H and O–H groups in total. The summed E-state index contributed by atoms with van der Waals surface area (Å²) in [5.74, 6) is -0.0891. The summed E-state index contributed by atoms with van der Waals surface area (Å²) < 4.78 is 0. The fraction of sp³-hybridized carbons (Fsp3) is 0.364. The summed E-state index contributed by atoms with van der Waals surface area (Å²) in [7, 11) is 0. The number of carbonyl (C=O) groups excluding carboxylic acids is 2. The molecule has 0 saturated heterocycles. The van der Waals surface area contributed by atoms with Gasteiger partial charge in [0, 0.05) is 19.5 Å². The minimum absolute atomic E-state index is 0.0677. The highest BCUT2D eigenvalue weighted by molar-refractivity contribution is 5.89. The molecule has 0 heterocycles. The van der Waals surface area contributed by atoms with Gasteiger partial charge in [-0.05, 0) is 30.9 Å². The Hall–Kier alpha value is -2.62. The molecule has 138 valence electrons. The van der Waals surface area contributed by atoms with E-state index in [0.29, 0.717) is 19.5 Å². The first-order chi connectivity index (χ1) is 12.6. The van der Waals surface area contributed by atoms with Crippen molar-refractivity contribution in [2.45, 2.75) is 39.2 Å². The van der Waals surface area contributed by atoms with E-state index in [-0.39, 0.29) is 17.7 Å². The van der Waals surface area contributed by atoms with Crippen molar-refractivity contribution in [1.29, 1.82) is 0 Å². The Bertz CT molecular complexity index is 697. The fourth-order valence-corrected chi connectivity index (χ4v) is 3.05. The van der Waals surface area contributed by atoms with Gasteiger partial charge in [-0.2, -0.15) is 0 Å². The second kappa shape index (κ2) is 9.76. The number of hydrogen-bond acceptors (Lipinski definition) is 2. The van der Waals surface area contributed by atoms with Crippen molar-refractivity contribution in [1.82, 2.24) is 10.2 Å². The van der Waals surface area contributed by atoms with Gasteiger partial charge in [-0.1, -0.05) is 67.6 Å². The van der Waals surface area contributed by atoms with E-state index in [4.69, 9.17) is 0 Å². The van der Waals surface area contributed by atoms with E-state index < -0.39 is 6.04 Å². The Morgan fingerprint density at radius 2 is 1.38 bits per heavy atom. The summed E-state index contributed by atoms with van der Waals surface area (Å²) in [6.07, 6.45) is 0.346. The average molecular weight is 352 g/mol. The van der Waals surface area contributed by atoms with E-state index >= 15 is 0 Å². The zero-order chi connectivity index (χ0) is 18.9. The summed E-state index contributed by atoms with van der Waals surface area (Å²) in [6, 6.07) is 18.7. The summed E-state index contributed by atoms with van der Waals surface area (Å²) >= 11 is 0. The van der Waals surface area contributed by atoms with Gasteiger partial charge < -0.3 is 10.2 Å². The fourth-order valence-electron chi connectivity index (χ4n) is 3.05. The maximum atomic E-state index is 12.9. The second-order valence-corrected chi connectivity index (χ2v) is 6.44. The predicted octanol–water partition coefficient (Wildman–Crippen LogP) is 3.91. The first-order valence-corrected chi connectivity index (χ1v) is 9.24. The summed E-state index contributed by atoms with van der Waals surface area (Å²) in [5, 5.41) is 2.95. The van der Waals surface area contributed by atoms with Crippen LogP contribution in [0.5, 0.6) is 0 Å². The van der Waals surface area contributed by atoms with Crippen LogP contribution < -0.4 is 5.32 Å². The summed E-state index contributed by atoms with van der Waals surface area (Å²) in [5.41, 5.74) is 1.93. The largest absolute Gasteiger partial charge is 0.341 e. The molecule has 4 heteroatoms. The number of rotatable bonds is 8. The van der Waals surface area contributed by atoms with Crippen molar-refractivity contribution in [3.63, 3.8) is 0 Å². The number of hydrogen-bond donors (Lipinski definition) is 1. The van der Waals surface area contributed by atoms with Gasteiger partial charge in [0.25, 0.3) is 0 Å². The van der Waals surface area contributed by atoms with Crippen LogP contribution in [-0.2, 0) is 9.59 Å². The molecule has 2 atom stereocenters. The molecule has 0 fully saturated rings. The van der Waals surface area contributed by atoms with E-state index in [1.54, 1.807) is 4.90 Å². The number of likely N-dealkylation sites (N-methyl/N-ethyl adjacent to an activating group) is 1. The van der Waals surface area contributed by atoms with Gasteiger partial charge in [0.2, 0.25) is 11.8 Å². The Morgan fingerprint density at radius 3 is 1.88 bits per heavy atom. The van der Waals surface area contributed by atoms with Crippen LogP contribution in [0.15, 0.2) is 60.7 Å². The highest BCUT2D eigenvalue weighted by atomic mass is 16.2. The molecule has 26 heavy (non-hydrogen) atoms. The van der Waals surface area contributed by atoms with Crippen LogP contribution in [-0.4, -0.2) is 29.8 Å². The highest BCUT2D eigenvalue weighted by Gasteiger charge is 2.26. The second-order valence-electron chi connectivity index (χ2n) is 6.44. The van der Waals surface area contributed by atoms with Crippen LogP contribution in [0.25, 0.3) is 0 Å². The Kier molecular flexibility index (Phi) is 7.39. The van der Waals surface area contributed by atoms with Crippen molar-refractivity contribution < 1.29 is 9.59 Å². The molecule has 0 aliphatic heterocycles. The van der Waals surface area contributed by atoms with Gasteiger partial charge in [-0.15, -0.1) is 0 Å². The number of amides is 2. The quantitative estimate of drug-likeness (QED) is 0.783. The third-order valence-corrected chi connectivity index (χ3v) is 4.62. The zero-order valence-corrected chi connectivity index (χ0v) is 15.8. The molecule has 2 aromatic carbocycles. The topological polar surface area (TPSA) is 49.4 Å². The van der Waals surface area contributed by atoms with E-state index in [2.05, 4.69) is 5.32 Å². The van der Waals surface area contributed by atoms with Crippen LogP contribution in [0.3, 0.4) is 0 Å². The van der Waals surface area contributed by atoms with Crippen molar-refractivity contribution in [2.24, 2.45) is 0 Å².